The van der Waals surface area contributed by atoms with Gasteiger partial charge >= 0.3 is 5.97 Å². The third-order valence-electron chi connectivity index (χ3n) is 4.11. The molecule has 1 aliphatic heterocycles. The van der Waals surface area contributed by atoms with E-state index in [-0.39, 0.29) is 24.7 Å². The molecule has 1 fully saturated rings. The van der Waals surface area contributed by atoms with E-state index in [1.54, 1.807) is 37.3 Å². The molecule has 2 N–H and O–H groups in total. The fourth-order valence-corrected chi connectivity index (χ4v) is 4.57. The van der Waals surface area contributed by atoms with Crippen LogP contribution in [-0.4, -0.2) is 61.7 Å². The number of carbonyl (C=O) groups is 3. The van der Waals surface area contributed by atoms with E-state index in [4.69, 9.17) is 14.6 Å². The molecule has 0 spiro atoms. The lowest BCUT2D eigenvalue weighted by Gasteiger charge is -2.18. The second kappa shape index (κ2) is 11.1. The van der Waals surface area contributed by atoms with Crippen molar-refractivity contribution >= 4 is 45.1 Å². The summed E-state index contributed by atoms with van der Waals surface area (Å²) in [7, 11) is 6.07. The zero-order chi connectivity index (χ0) is 20.5. The van der Waals surface area contributed by atoms with Gasteiger partial charge in [-0.15, -0.1) is 0 Å². The number of hydrogen-bond donors (Lipinski definition) is 2. The highest BCUT2D eigenvalue weighted by atomic mass is 33.1. The predicted molar refractivity (Wildman–Crippen MR) is 110 cm³/mol. The third kappa shape index (κ3) is 6.52. The van der Waals surface area contributed by atoms with Crippen LogP contribution >= 0.6 is 21.6 Å². The second-order valence-electron chi connectivity index (χ2n) is 6.05. The Morgan fingerprint density at radius 3 is 2.43 bits per heavy atom. The summed E-state index contributed by atoms with van der Waals surface area (Å²) in [6.07, 6.45) is 0.283. The number of methoxy groups -OCH3 is 2. The Labute approximate surface area is 171 Å². The van der Waals surface area contributed by atoms with Crippen LogP contribution in [0.25, 0.3) is 0 Å². The average Bonchev–Trinajstić information content (AvgIpc) is 3.08. The number of ether oxygens (including phenoxy) is 2. The first-order chi connectivity index (χ1) is 13.4. The lowest BCUT2D eigenvalue weighted by molar-refractivity contribution is -0.136. The van der Waals surface area contributed by atoms with Gasteiger partial charge in [-0.25, -0.2) is 0 Å². The molecule has 1 heterocycles. The number of carbonyl (C=O) groups excluding carboxylic acids is 2. The normalized spacial score (nSPS) is 16.1. The molecular weight excluding hydrogens is 404 g/mol. The molecule has 1 aliphatic rings. The third-order valence-corrected chi connectivity index (χ3v) is 6.52. The first kappa shape index (κ1) is 22.2. The minimum absolute atomic E-state index is 0.117. The predicted octanol–water partition coefficient (Wildman–Crippen LogP) is 2.03. The molecule has 0 saturated carbocycles. The van der Waals surface area contributed by atoms with Gasteiger partial charge in [-0.1, -0.05) is 21.6 Å². The van der Waals surface area contributed by atoms with Crippen molar-refractivity contribution in [3.8, 4) is 11.5 Å². The molecule has 154 valence electrons. The van der Waals surface area contributed by atoms with Gasteiger partial charge in [0.15, 0.2) is 0 Å². The fourth-order valence-electron chi connectivity index (χ4n) is 2.69. The summed E-state index contributed by atoms with van der Waals surface area (Å²) in [6, 6.07) is 5.21. The van der Waals surface area contributed by atoms with Crippen molar-refractivity contribution in [1.29, 1.82) is 0 Å². The number of carboxylic acid groups (broad SMARTS) is 1. The van der Waals surface area contributed by atoms with Crippen molar-refractivity contribution in [2.75, 3.05) is 43.7 Å². The van der Waals surface area contributed by atoms with Crippen LogP contribution in [0.1, 0.15) is 12.8 Å². The summed E-state index contributed by atoms with van der Waals surface area (Å²) in [5, 5.41) is 11.4. The maximum atomic E-state index is 12.4. The minimum atomic E-state index is -0.814. The number of amides is 2. The highest BCUT2D eigenvalue weighted by Crippen LogP contribution is 2.32. The SMILES string of the molecule is COc1cc(OC)cc(N2CC(C(=O)NCCSSCCC(=O)O)CC2=O)c1. The topological polar surface area (TPSA) is 105 Å². The van der Waals surface area contributed by atoms with Crippen molar-refractivity contribution in [3.63, 3.8) is 0 Å². The van der Waals surface area contributed by atoms with Gasteiger partial charge in [-0.05, 0) is 0 Å². The summed E-state index contributed by atoms with van der Waals surface area (Å²) in [6.45, 7) is 0.780. The van der Waals surface area contributed by atoms with Gasteiger partial charge in [0.1, 0.15) is 11.5 Å². The lowest BCUT2D eigenvalue weighted by atomic mass is 10.1. The van der Waals surface area contributed by atoms with Gasteiger partial charge in [0.2, 0.25) is 11.8 Å². The smallest absolute Gasteiger partial charge is 0.304 e. The molecule has 1 saturated heterocycles. The van der Waals surface area contributed by atoms with Gasteiger partial charge in [0, 0.05) is 49.2 Å². The number of rotatable bonds is 11. The summed E-state index contributed by atoms with van der Waals surface area (Å²) in [4.78, 5) is 36.8. The minimum Gasteiger partial charge on any atom is -0.497 e. The number of hydrogen-bond acceptors (Lipinski definition) is 7. The maximum Gasteiger partial charge on any atom is 0.304 e. The van der Waals surface area contributed by atoms with E-state index in [2.05, 4.69) is 5.32 Å². The molecule has 0 aromatic heterocycles. The zero-order valence-corrected chi connectivity index (χ0v) is 17.4. The average molecular weight is 429 g/mol. The van der Waals surface area contributed by atoms with Crippen LogP contribution in [0.5, 0.6) is 11.5 Å². The quantitative estimate of drug-likeness (QED) is 0.407. The van der Waals surface area contributed by atoms with E-state index in [9.17, 15) is 14.4 Å². The molecule has 1 aromatic rings. The molecule has 1 atom stereocenters. The lowest BCUT2D eigenvalue weighted by Crippen LogP contribution is -2.34. The summed E-state index contributed by atoms with van der Waals surface area (Å²) < 4.78 is 10.5. The van der Waals surface area contributed by atoms with Crippen LogP contribution in [0, 0.1) is 5.92 Å². The first-order valence-corrected chi connectivity index (χ1v) is 11.2. The molecule has 2 rings (SSSR count). The summed E-state index contributed by atoms with van der Waals surface area (Å²) >= 11 is 0. The Balaban J connectivity index is 1.82. The molecular formula is C18H24N2O6S2. The molecule has 1 aromatic carbocycles. The largest absolute Gasteiger partial charge is 0.497 e. The number of benzene rings is 1. The summed E-state index contributed by atoms with van der Waals surface area (Å²) in [5.41, 5.74) is 0.641. The standard InChI is InChI=1S/C18H24N2O6S2/c1-25-14-8-13(9-15(10-14)26-2)20-11-12(7-16(20)21)18(24)19-4-6-28-27-5-3-17(22)23/h8-10,12H,3-7,11H2,1-2H3,(H,19,24)(H,22,23). The molecule has 1 unspecified atom stereocenters. The van der Waals surface area contributed by atoms with Crippen molar-refractivity contribution in [1.82, 2.24) is 5.32 Å². The number of carboxylic acids is 1. The molecule has 8 nitrogen and oxygen atoms in total. The Bertz CT molecular complexity index is 693. The van der Waals surface area contributed by atoms with E-state index < -0.39 is 11.9 Å². The Morgan fingerprint density at radius 1 is 1.18 bits per heavy atom. The van der Waals surface area contributed by atoms with Crippen molar-refractivity contribution < 1.29 is 29.0 Å². The molecule has 2 amide bonds. The van der Waals surface area contributed by atoms with Gasteiger partial charge in [-0.2, -0.15) is 0 Å². The van der Waals surface area contributed by atoms with Gasteiger partial charge in [0.25, 0.3) is 0 Å². The maximum absolute atomic E-state index is 12.4. The Kier molecular flexibility index (Phi) is 8.78. The number of nitrogens with one attached hydrogen (secondary N) is 1. The van der Waals surface area contributed by atoms with Crippen LogP contribution < -0.4 is 19.7 Å². The van der Waals surface area contributed by atoms with Crippen molar-refractivity contribution in [2.45, 2.75) is 12.8 Å². The van der Waals surface area contributed by atoms with Gasteiger partial charge in [-0.3, -0.25) is 14.4 Å². The van der Waals surface area contributed by atoms with E-state index >= 15 is 0 Å². The van der Waals surface area contributed by atoms with Crippen LogP contribution in [-0.2, 0) is 14.4 Å². The Morgan fingerprint density at radius 2 is 1.82 bits per heavy atom. The molecule has 0 aliphatic carbocycles. The second-order valence-corrected chi connectivity index (χ2v) is 8.76. The van der Waals surface area contributed by atoms with Crippen LogP contribution in [0.15, 0.2) is 18.2 Å². The number of anilines is 1. The van der Waals surface area contributed by atoms with E-state index in [1.165, 1.54) is 21.6 Å². The van der Waals surface area contributed by atoms with Crippen molar-refractivity contribution in [3.05, 3.63) is 18.2 Å². The van der Waals surface area contributed by atoms with E-state index in [0.717, 1.165) is 0 Å². The first-order valence-electron chi connectivity index (χ1n) is 8.72. The highest BCUT2D eigenvalue weighted by Gasteiger charge is 2.35. The molecule has 0 bridgehead atoms. The molecule has 28 heavy (non-hydrogen) atoms. The van der Waals surface area contributed by atoms with Crippen LogP contribution in [0.2, 0.25) is 0 Å². The monoisotopic (exact) mass is 428 g/mol. The van der Waals surface area contributed by atoms with E-state index in [1.807, 2.05) is 0 Å². The molecule has 10 heteroatoms. The zero-order valence-electron chi connectivity index (χ0n) is 15.8. The van der Waals surface area contributed by atoms with Crippen LogP contribution in [0.3, 0.4) is 0 Å². The fraction of sp³-hybridized carbons (Fsp3) is 0.500. The van der Waals surface area contributed by atoms with Gasteiger partial charge in [0.05, 0.1) is 32.2 Å². The summed E-state index contributed by atoms with van der Waals surface area (Å²) in [5.74, 6) is 0.869. The highest BCUT2D eigenvalue weighted by molar-refractivity contribution is 8.76. The van der Waals surface area contributed by atoms with Crippen molar-refractivity contribution in [2.24, 2.45) is 5.92 Å². The van der Waals surface area contributed by atoms with Crippen LogP contribution in [0.4, 0.5) is 5.69 Å². The number of aliphatic carboxylic acids is 1. The number of nitrogens with zero attached hydrogens (tertiary/aromatic N) is 1. The molecule has 0 radical (unpaired) electrons. The Hall–Kier alpha value is -2.07. The van der Waals surface area contributed by atoms with Gasteiger partial charge < -0.3 is 24.8 Å². The van der Waals surface area contributed by atoms with E-state index in [0.29, 0.717) is 41.8 Å².